The number of halogens is 1. The van der Waals surface area contributed by atoms with Crippen LogP contribution in [-0.2, 0) is 18.5 Å². The van der Waals surface area contributed by atoms with Crippen LogP contribution in [0, 0.1) is 11.3 Å². The van der Waals surface area contributed by atoms with Gasteiger partial charge in [0.25, 0.3) is 6.47 Å². The molecule has 15 heteroatoms. The monoisotopic (exact) mass is 837 g/mol. The van der Waals surface area contributed by atoms with E-state index >= 15 is 0 Å². The van der Waals surface area contributed by atoms with Crippen molar-refractivity contribution in [1.82, 2.24) is 0 Å². The second kappa shape index (κ2) is 34.2. The van der Waals surface area contributed by atoms with Gasteiger partial charge in [-0.2, -0.15) is 5.26 Å². The van der Waals surface area contributed by atoms with Crippen LogP contribution in [0.25, 0.3) is 0 Å². The van der Waals surface area contributed by atoms with Crippen molar-refractivity contribution in [3.8, 4) is 17.6 Å². The number of rotatable bonds is 11. The molecule has 0 aliphatic heterocycles. The first-order valence-electron chi connectivity index (χ1n) is 14.5. The molecule has 0 heterocycles. The predicted octanol–water partition coefficient (Wildman–Crippen LogP) is 2.23. The van der Waals surface area contributed by atoms with E-state index in [0.717, 1.165) is 30.3 Å². The minimum atomic E-state index is -1.68. The van der Waals surface area contributed by atoms with Gasteiger partial charge in [-0.1, -0.05) is 64.9 Å². The molecule has 0 saturated heterocycles. The zero-order valence-electron chi connectivity index (χ0n) is 32.2. The van der Waals surface area contributed by atoms with Crippen LogP contribution >= 0.6 is 15.9 Å². The third-order valence-corrected chi connectivity index (χ3v) is 16.5. The van der Waals surface area contributed by atoms with Crippen molar-refractivity contribution in [1.29, 1.82) is 5.26 Å². The number of hydrogen-bond acceptors (Lipinski definition) is 10. The van der Waals surface area contributed by atoms with Crippen molar-refractivity contribution in [2.75, 3.05) is 25.2 Å². The van der Waals surface area contributed by atoms with Gasteiger partial charge in [0.2, 0.25) is 0 Å². The van der Waals surface area contributed by atoms with Crippen LogP contribution in [0.1, 0.15) is 78.0 Å². The number of alkyl halides is 1. The third-order valence-electron chi connectivity index (χ3n) is 7.05. The molecule has 0 aliphatic carbocycles. The molecule has 0 aliphatic rings. The number of aromatic hydroxyl groups is 1. The Morgan fingerprint density at radius 2 is 1.12 bits per heavy atom. The van der Waals surface area contributed by atoms with Gasteiger partial charge in [0, 0.05) is 30.0 Å². The summed E-state index contributed by atoms with van der Waals surface area (Å²) in [5, 5.41) is 26.0. The maximum absolute atomic E-state index is 10.5. The number of aldehydes is 2. The molecule has 2 aromatic rings. The first kappa shape index (κ1) is 61.4. The summed E-state index contributed by atoms with van der Waals surface area (Å²) in [5.41, 5.74) is 1.23. The van der Waals surface area contributed by atoms with Gasteiger partial charge in [-0.25, -0.2) is 0 Å². The molecule has 49 heavy (non-hydrogen) atoms. The van der Waals surface area contributed by atoms with Crippen molar-refractivity contribution in [3.63, 3.8) is 0 Å². The van der Waals surface area contributed by atoms with Gasteiger partial charge < -0.3 is 30.3 Å². The van der Waals surface area contributed by atoms with Gasteiger partial charge in [0.15, 0.2) is 16.6 Å². The molecular formula is C34H58BrK2NO9Si2. The molecule has 0 fully saturated rings. The molecule has 0 unspecified atom stereocenters. The Morgan fingerprint density at radius 1 is 0.796 bits per heavy atom. The van der Waals surface area contributed by atoms with Crippen molar-refractivity contribution >= 4 is 51.6 Å². The largest absolute Gasteiger partial charge is 1.00 e. The fraction of sp³-hybridized carbons (Fsp3) is 0.529. The Morgan fingerprint density at radius 3 is 1.41 bits per heavy atom. The molecule has 0 amide bonds. The van der Waals surface area contributed by atoms with Crippen LogP contribution in [0.5, 0.6) is 11.5 Å². The summed E-state index contributed by atoms with van der Waals surface area (Å²) in [6.07, 6.45) is 1.56. The number of nitrogens with zero attached hydrogens (tertiary/aromatic N) is 1. The molecule has 2 aromatic carbocycles. The summed E-state index contributed by atoms with van der Waals surface area (Å²) in [6.45, 7) is 25.7. The average molecular weight is 839 g/mol. The van der Waals surface area contributed by atoms with E-state index in [1.165, 1.54) is 19.1 Å². The van der Waals surface area contributed by atoms with E-state index in [-0.39, 0.29) is 129 Å². The first-order valence-corrected chi connectivity index (χ1v) is 21.5. The average Bonchev–Trinajstić information content (AvgIpc) is 2.99. The Balaban J connectivity index is -0.000000103. The van der Waals surface area contributed by atoms with Crippen molar-refractivity contribution in [2.45, 2.75) is 92.2 Å². The normalized spacial score (nSPS) is 10.0. The Kier molecular flexibility index (Phi) is 42.9. The van der Waals surface area contributed by atoms with Gasteiger partial charge in [-0.3, -0.25) is 14.4 Å². The molecule has 0 atom stereocenters. The molecule has 1 N–H and O–H groups in total. The Bertz CT molecular complexity index is 1140. The number of phenolic OH excluding ortho intramolecular Hbond substituents is 1. The zero-order chi connectivity index (χ0) is 36.5. The number of hydrogen-bond donors (Lipinski definition) is 1. The fourth-order valence-electron chi connectivity index (χ4n) is 2.38. The number of phenols is 1. The maximum Gasteiger partial charge on any atom is 1.00 e. The minimum Gasteiger partial charge on any atom is -1.00 e. The summed E-state index contributed by atoms with van der Waals surface area (Å²) >= 11 is 3.37. The standard InChI is InChI=1S/C15H24O3Si.C8H19BrOSi.C7H6O2.C2H3N.CH2O3.CH4.2K.H/c1-15(2,3)19(4,5)18-11-10-17-14-8-6-13(12-16)7-9-14;1-8(2,3)11(4,5)10-7-6-9;8-5-6-1-3-7(9)4-2-6;1-2-3;2-1-4-3;;;;/h6-9,12H,10-11H2,1-5H3;6-7H2,1-5H3;1-5,9H;1H3;1,3H;1H4;;;/q;;;;;;2*+1;-1/p-1. The summed E-state index contributed by atoms with van der Waals surface area (Å²) in [6, 6.07) is 14.9. The fourth-order valence-corrected chi connectivity index (χ4v) is 4.91. The van der Waals surface area contributed by atoms with Crippen molar-refractivity contribution in [3.05, 3.63) is 59.7 Å². The van der Waals surface area contributed by atoms with Crippen LogP contribution in [0.2, 0.25) is 36.3 Å². The van der Waals surface area contributed by atoms with Crippen molar-refractivity contribution < 1.29 is 147 Å². The van der Waals surface area contributed by atoms with Gasteiger partial charge in [0.05, 0.1) is 12.7 Å². The van der Waals surface area contributed by atoms with Gasteiger partial charge in [0.1, 0.15) is 30.7 Å². The van der Waals surface area contributed by atoms with Crippen LogP contribution in [-0.4, -0.2) is 65.9 Å². The molecule has 0 aromatic heterocycles. The molecule has 270 valence electrons. The van der Waals surface area contributed by atoms with E-state index in [1.54, 1.807) is 42.5 Å². The Labute approximate surface area is 393 Å². The number of carbonyl (C=O) groups is 3. The third kappa shape index (κ3) is 32.8. The van der Waals surface area contributed by atoms with Gasteiger partial charge in [-0.15, -0.1) is 0 Å². The van der Waals surface area contributed by atoms with Crippen molar-refractivity contribution in [2.24, 2.45) is 0 Å². The first-order chi connectivity index (χ1) is 21.2. The van der Waals surface area contributed by atoms with E-state index in [4.69, 9.17) is 34.0 Å². The van der Waals surface area contributed by atoms with E-state index in [9.17, 15) is 9.59 Å². The SMILES string of the molecule is C.CC#N.CC(C)(C)[Si](C)(C)OCCBr.CC(C)(C)[Si](C)(C)OCCOc1ccc(C=O)cc1.O=CO[O-].O=Cc1ccc(O)cc1.[H-].[K+].[K+]. The molecule has 0 spiro atoms. The molecule has 10 nitrogen and oxygen atoms in total. The van der Waals surface area contributed by atoms with E-state index in [1.807, 2.05) is 0 Å². The topological polar surface area (TPSA) is 155 Å². The second-order valence-electron chi connectivity index (χ2n) is 12.6. The van der Waals surface area contributed by atoms with Crippen LogP contribution in [0.3, 0.4) is 0 Å². The summed E-state index contributed by atoms with van der Waals surface area (Å²) in [7, 11) is -3.14. The number of benzene rings is 2. The summed E-state index contributed by atoms with van der Waals surface area (Å²) < 4.78 is 17.4. The molecule has 0 bridgehead atoms. The number of nitriles is 1. The second-order valence-corrected chi connectivity index (χ2v) is 23.0. The molecular weight excluding hydrogens is 781 g/mol. The van der Waals surface area contributed by atoms with Crippen LogP contribution in [0.15, 0.2) is 48.5 Å². The van der Waals surface area contributed by atoms with E-state index < -0.39 is 16.6 Å². The smallest absolute Gasteiger partial charge is 1.00 e. The molecule has 2 rings (SSSR count). The molecule has 0 radical (unpaired) electrons. The predicted molar refractivity (Wildman–Crippen MR) is 197 cm³/mol. The molecule has 0 saturated carbocycles. The number of carbonyl (C=O) groups excluding carboxylic acids is 3. The number of ether oxygens (including phenoxy) is 1. The zero-order valence-corrected chi connectivity index (χ0v) is 41.0. The minimum absolute atomic E-state index is 0. The Hall–Kier alpha value is 0.406. The maximum atomic E-state index is 10.5. The summed E-state index contributed by atoms with van der Waals surface area (Å²) in [5.74, 6) is 0.949. The van der Waals surface area contributed by atoms with Gasteiger partial charge in [-0.05, 0) is 84.8 Å². The van der Waals surface area contributed by atoms with E-state index in [2.05, 4.69) is 88.5 Å². The van der Waals surface area contributed by atoms with Crippen LogP contribution < -0.4 is 113 Å². The van der Waals surface area contributed by atoms with Crippen LogP contribution in [0.4, 0.5) is 0 Å². The van der Waals surface area contributed by atoms with Gasteiger partial charge >= 0.3 is 103 Å². The van der Waals surface area contributed by atoms with E-state index in [0.29, 0.717) is 29.4 Å². The quantitative estimate of drug-likeness (QED) is 0.0891. The summed E-state index contributed by atoms with van der Waals surface area (Å²) in [4.78, 5) is 31.8.